The van der Waals surface area contributed by atoms with Crippen molar-refractivity contribution in [1.82, 2.24) is 9.88 Å². The Morgan fingerprint density at radius 3 is 2.76 bits per heavy atom. The van der Waals surface area contributed by atoms with Crippen LogP contribution in [0.2, 0.25) is 5.02 Å². The van der Waals surface area contributed by atoms with Gasteiger partial charge in [0, 0.05) is 43.4 Å². The first-order chi connectivity index (χ1) is 12.1. The fourth-order valence-corrected chi connectivity index (χ4v) is 3.69. The van der Waals surface area contributed by atoms with Crippen molar-refractivity contribution in [3.63, 3.8) is 0 Å². The Morgan fingerprint density at radius 2 is 2.16 bits per heavy atom. The molecule has 25 heavy (non-hydrogen) atoms. The third-order valence-corrected chi connectivity index (χ3v) is 5.43. The first kappa shape index (κ1) is 17.7. The van der Waals surface area contributed by atoms with Gasteiger partial charge in [-0.05, 0) is 25.1 Å². The lowest BCUT2D eigenvalue weighted by Gasteiger charge is -2.37. The SMILES string of the molecule is C[C@@H](C(=O)Nc1ccc(C#N)c(Cl)c1)N1CCN(c2nccs2)CC1. The van der Waals surface area contributed by atoms with Gasteiger partial charge in [-0.25, -0.2) is 4.98 Å². The fraction of sp³-hybridized carbons (Fsp3) is 0.353. The highest BCUT2D eigenvalue weighted by Gasteiger charge is 2.26. The average molecular weight is 376 g/mol. The monoisotopic (exact) mass is 375 g/mol. The van der Waals surface area contributed by atoms with E-state index in [4.69, 9.17) is 16.9 Å². The van der Waals surface area contributed by atoms with Crippen molar-refractivity contribution in [3.05, 3.63) is 40.4 Å². The van der Waals surface area contributed by atoms with Gasteiger partial charge < -0.3 is 10.2 Å². The minimum atomic E-state index is -0.243. The second kappa shape index (κ2) is 7.83. The Kier molecular flexibility index (Phi) is 5.53. The number of benzene rings is 1. The molecule has 0 radical (unpaired) electrons. The number of anilines is 2. The van der Waals surface area contributed by atoms with Gasteiger partial charge in [-0.15, -0.1) is 11.3 Å². The molecule has 1 aromatic heterocycles. The molecule has 3 rings (SSSR count). The van der Waals surface area contributed by atoms with E-state index in [-0.39, 0.29) is 11.9 Å². The highest BCUT2D eigenvalue weighted by Crippen LogP contribution is 2.22. The third-order valence-electron chi connectivity index (χ3n) is 4.29. The van der Waals surface area contributed by atoms with Gasteiger partial charge in [0.25, 0.3) is 0 Å². The standard InChI is InChI=1S/C17H18ClN5OS/c1-12(16(24)21-14-3-2-13(11-19)15(18)10-14)22-5-7-23(8-6-22)17-20-4-9-25-17/h2-4,9-10,12H,5-8H2,1H3,(H,21,24)/t12-/m0/s1. The van der Waals surface area contributed by atoms with Crippen LogP contribution in [0.15, 0.2) is 29.8 Å². The summed E-state index contributed by atoms with van der Waals surface area (Å²) in [7, 11) is 0. The van der Waals surface area contributed by atoms with Crippen LogP contribution in [-0.2, 0) is 4.79 Å². The number of carbonyl (C=O) groups is 1. The molecule has 8 heteroatoms. The summed E-state index contributed by atoms with van der Waals surface area (Å²) in [6.45, 7) is 5.23. The van der Waals surface area contributed by atoms with Crippen molar-refractivity contribution in [2.45, 2.75) is 13.0 Å². The Morgan fingerprint density at radius 1 is 1.40 bits per heavy atom. The van der Waals surface area contributed by atoms with Crippen LogP contribution in [0.5, 0.6) is 0 Å². The molecular formula is C17H18ClN5OS. The number of amides is 1. The molecule has 130 valence electrons. The molecule has 0 aliphatic carbocycles. The number of rotatable bonds is 4. The van der Waals surface area contributed by atoms with Crippen LogP contribution in [0, 0.1) is 11.3 Å². The van der Waals surface area contributed by atoms with E-state index in [0.717, 1.165) is 31.3 Å². The quantitative estimate of drug-likeness (QED) is 0.889. The van der Waals surface area contributed by atoms with Gasteiger partial charge in [-0.3, -0.25) is 9.69 Å². The topological polar surface area (TPSA) is 72.3 Å². The summed E-state index contributed by atoms with van der Waals surface area (Å²) in [5, 5.41) is 15.1. The number of aromatic nitrogens is 1. The summed E-state index contributed by atoms with van der Waals surface area (Å²) in [5.41, 5.74) is 0.994. The summed E-state index contributed by atoms with van der Waals surface area (Å²) in [6, 6.07) is 6.66. The first-order valence-electron chi connectivity index (χ1n) is 7.97. The second-order valence-corrected chi connectivity index (χ2v) is 7.09. The number of hydrogen-bond acceptors (Lipinski definition) is 6. The average Bonchev–Trinajstić information content (AvgIpc) is 3.16. The van der Waals surface area contributed by atoms with E-state index in [1.165, 1.54) is 0 Å². The van der Waals surface area contributed by atoms with Crippen molar-refractivity contribution in [1.29, 1.82) is 5.26 Å². The normalized spacial score (nSPS) is 16.3. The number of hydrogen-bond donors (Lipinski definition) is 1. The van der Waals surface area contributed by atoms with Crippen LogP contribution in [0.25, 0.3) is 0 Å². The highest BCUT2D eigenvalue weighted by molar-refractivity contribution is 7.13. The minimum Gasteiger partial charge on any atom is -0.346 e. The van der Waals surface area contributed by atoms with Gasteiger partial charge in [-0.2, -0.15) is 5.26 Å². The van der Waals surface area contributed by atoms with E-state index in [9.17, 15) is 4.79 Å². The predicted molar refractivity (Wildman–Crippen MR) is 100 cm³/mol. The van der Waals surface area contributed by atoms with Gasteiger partial charge >= 0.3 is 0 Å². The Labute approximate surface area is 155 Å². The largest absolute Gasteiger partial charge is 0.346 e. The van der Waals surface area contributed by atoms with E-state index in [1.54, 1.807) is 29.5 Å². The number of nitriles is 1. The van der Waals surface area contributed by atoms with Crippen LogP contribution in [0.4, 0.5) is 10.8 Å². The highest BCUT2D eigenvalue weighted by atomic mass is 35.5. The molecule has 1 aliphatic heterocycles. The zero-order valence-corrected chi connectivity index (χ0v) is 15.3. The molecule has 6 nitrogen and oxygen atoms in total. The van der Waals surface area contributed by atoms with Gasteiger partial charge in [0.05, 0.1) is 16.6 Å². The van der Waals surface area contributed by atoms with Crippen LogP contribution < -0.4 is 10.2 Å². The van der Waals surface area contributed by atoms with Crippen LogP contribution in [-0.4, -0.2) is 48.0 Å². The summed E-state index contributed by atoms with van der Waals surface area (Å²) in [4.78, 5) is 21.2. The van der Waals surface area contributed by atoms with Gasteiger partial charge in [0.15, 0.2) is 5.13 Å². The van der Waals surface area contributed by atoms with E-state index in [0.29, 0.717) is 16.3 Å². The maximum atomic E-state index is 12.5. The predicted octanol–water partition coefficient (Wildman–Crippen LogP) is 2.82. The number of nitrogens with zero attached hydrogens (tertiary/aromatic N) is 4. The molecule has 1 saturated heterocycles. The molecule has 0 spiro atoms. The number of nitrogens with one attached hydrogen (secondary N) is 1. The Hall–Kier alpha value is -2.14. The lowest BCUT2D eigenvalue weighted by atomic mass is 10.2. The summed E-state index contributed by atoms with van der Waals surface area (Å²) >= 11 is 7.64. The van der Waals surface area contributed by atoms with Crippen LogP contribution >= 0.6 is 22.9 Å². The van der Waals surface area contributed by atoms with Crippen LogP contribution in [0.3, 0.4) is 0 Å². The molecule has 1 atom stereocenters. The van der Waals surface area contributed by atoms with E-state index >= 15 is 0 Å². The maximum Gasteiger partial charge on any atom is 0.241 e. The number of thiazole rings is 1. The first-order valence-corrected chi connectivity index (χ1v) is 9.23. The molecule has 1 aromatic carbocycles. The zero-order chi connectivity index (χ0) is 17.8. The summed E-state index contributed by atoms with van der Waals surface area (Å²) in [6.07, 6.45) is 1.81. The number of piperazine rings is 1. The molecule has 0 saturated carbocycles. The molecule has 1 aliphatic rings. The van der Waals surface area contributed by atoms with Crippen LogP contribution in [0.1, 0.15) is 12.5 Å². The minimum absolute atomic E-state index is 0.0801. The van der Waals surface area contributed by atoms with Crippen molar-refractivity contribution in [2.24, 2.45) is 0 Å². The molecule has 1 amide bonds. The second-order valence-electron chi connectivity index (χ2n) is 5.81. The third kappa shape index (κ3) is 4.10. The van der Waals surface area contributed by atoms with Gasteiger partial charge in [-0.1, -0.05) is 11.6 Å². The van der Waals surface area contributed by atoms with Crippen molar-refractivity contribution >= 4 is 39.7 Å². The number of carbonyl (C=O) groups excluding carboxylic acids is 1. The maximum absolute atomic E-state index is 12.5. The lowest BCUT2D eigenvalue weighted by molar-refractivity contribution is -0.120. The Balaban J connectivity index is 1.56. The zero-order valence-electron chi connectivity index (χ0n) is 13.8. The van der Waals surface area contributed by atoms with Crippen molar-refractivity contribution in [3.8, 4) is 6.07 Å². The smallest absolute Gasteiger partial charge is 0.241 e. The van der Waals surface area contributed by atoms with Gasteiger partial charge in [0.1, 0.15) is 6.07 Å². The fourth-order valence-electron chi connectivity index (χ4n) is 2.77. The molecule has 2 aromatic rings. The van der Waals surface area contributed by atoms with E-state index < -0.39 is 0 Å². The Bertz CT molecular complexity index is 781. The lowest BCUT2D eigenvalue weighted by Crippen LogP contribution is -2.52. The van der Waals surface area contributed by atoms with Crippen molar-refractivity contribution < 1.29 is 4.79 Å². The summed E-state index contributed by atoms with van der Waals surface area (Å²) in [5.74, 6) is -0.0801. The molecule has 1 N–H and O–H groups in total. The van der Waals surface area contributed by atoms with Crippen molar-refractivity contribution in [2.75, 3.05) is 36.4 Å². The summed E-state index contributed by atoms with van der Waals surface area (Å²) < 4.78 is 0. The number of halogens is 1. The molecule has 2 heterocycles. The molecule has 1 fully saturated rings. The molecule has 0 bridgehead atoms. The molecule has 0 unspecified atom stereocenters. The van der Waals surface area contributed by atoms with E-state index in [1.807, 2.05) is 24.6 Å². The van der Waals surface area contributed by atoms with Gasteiger partial charge in [0.2, 0.25) is 5.91 Å². The molecular weight excluding hydrogens is 358 g/mol. The van der Waals surface area contributed by atoms with E-state index in [2.05, 4.69) is 20.1 Å².